The summed E-state index contributed by atoms with van der Waals surface area (Å²) in [7, 11) is 1.58. The van der Waals surface area contributed by atoms with Crippen molar-refractivity contribution in [3.63, 3.8) is 0 Å². The highest BCUT2D eigenvalue weighted by atomic mass is 16.5. The van der Waals surface area contributed by atoms with Gasteiger partial charge in [0.15, 0.2) is 0 Å². The quantitative estimate of drug-likeness (QED) is 0.688. The van der Waals surface area contributed by atoms with Crippen molar-refractivity contribution in [1.82, 2.24) is 15.5 Å². The minimum Gasteiger partial charge on any atom is -0.465 e. The summed E-state index contributed by atoms with van der Waals surface area (Å²) in [5.41, 5.74) is -0.560. The van der Waals surface area contributed by atoms with Crippen LogP contribution in [0.5, 0.6) is 0 Å². The smallest absolute Gasteiger partial charge is 0.325 e. The number of hydrogen-bond donors (Lipinski definition) is 2. The lowest BCUT2D eigenvalue weighted by atomic mass is 9.89. The summed E-state index contributed by atoms with van der Waals surface area (Å²) in [4.78, 5) is 36.2. The molecule has 1 unspecified atom stereocenters. The molecular weight excluding hydrogens is 250 g/mol. The van der Waals surface area contributed by atoms with Gasteiger partial charge < -0.3 is 20.3 Å². The number of carbonyl (C=O) groups excluding carboxylic acids is 3. The Balaban J connectivity index is 2.44. The Hall–Kier alpha value is -1.79. The number of ether oxygens (including phenoxy) is 1. The molecule has 0 radical (unpaired) electrons. The van der Waals surface area contributed by atoms with Crippen LogP contribution in [0.25, 0.3) is 0 Å². The first-order valence-electron chi connectivity index (χ1n) is 6.33. The zero-order chi connectivity index (χ0) is 14.5. The van der Waals surface area contributed by atoms with Crippen molar-refractivity contribution >= 4 is 17.9 Å². The lowest BCUT2D eigenvalue weighted by molar-refractivity contribution is -0.141. The molecular formula is C12H21N3O4. The van der Waals surface area contributed by atoms with E-state index in [4.69, 9.17) is 4.74 Å². The molecule has 1 rings (SSSR count). The minimum absolute atomic E-state index is 0.0757. The van der Waals surface area contributed by atoms with Gasteiger partial charge in [0, 0.05) is 20.1 Å². The summed E-state index contributed by atoms with van der Waals surface area (Å²) >= 11 is 0. The number of urea groups is 1. The van der Waals surface area contributed by atoms with Gasteiger partial charge in [-0.15, -0.1) is 0 Å². The maximum atomic E-state index is 11.8. The molecule has 0 bridgehead atoms. The highest BCUT2D eigenvalue weighted by Gasteiger charge is 2.41. The first kappa shape index (κ1) is 15.3. The fourth-order valence-electron chi connectivity index (χ4n) is 2.09. The van der Waals surface area contributed by atoms with Crippen molar-refractivity contribution < 1.29 is 19.1 Å². The van der Waals surface area contributed by atoms with Crippen LogP contribution in [-0.2, 0) is 14.3 Å². The number of nitrogens with zero attached hydrogens (tertiary/aromatic N) is 1. The number of rotatable bonds is 4. The van der Waals surface area contributed by atoms with Crippen LogP contribution >= 0.6 is 0 Å². The molecule has 3 amide bonds. The molecule has 0 saturated carbocycles. The molecule has 1 aliphatic heterocycles. The second-order valence-electron chi connectivity index (χ2n) is 4.78. The van der Waals surface area contributed by atoms with Gasteiger partial charge in [0.1, 0.15) is 6.54 Å². The average Bonchev–Trinajstić information content (AvgIpc) is 2.79. The molecule has 0 aromatic carbocycles. The van der Waals surface area contributed by atoms with Gasteiger partial charge in [-0.05, 0) is 20.3 Å². The molecule has 1 atom stereocenters. The Labute approximate surface area is 112 Å². The van der Waals surface area contributed by atoms with Gasteiger partial charge in [0.05, 0.1) is 12.0 Å². The Kier molecular flexibility index (Phi) is 5.14. The maximum Gasteiger partial charge on any atom is 0.325 e. The summed E-state index contributed by atoms with van der Waals surface area (Å²) in [6.07, 6.45) is 0.611. The molecule has 0 spiro atoms. The molecule has 2 N–H and O–H groups in total. The van der Waals surface area contributed by atoms with Crippen LogP contribution in [0.1, 0.15) is 20.3 Å². The van der Waals surface area contributed by atoms with E-state index in [-0.39, 0.29) is 25.1 Å². The lowest BCUT2D eigenvalue weighted by Gasteiger charge is -2.22. The highest BCUT2D eigenvalue weighted by Crippen LogP contribution is 2.29. The summed E-state index contributed by atoms with van der Waals surface area (Å²) < 4.78 is 4.72. The Morgan fingerprint density at radius 1 is 1.37 bits per heavy atom. The van der Waals surface area contributed by atoms with E-state index in [0.717, 1.165) is 0 Å². The van der Waals surface area contributed by atoms with E-state index in [1.165, 1.54) is 4.90 Å². The van der Waals surface area contributed by atoms with Crippen molar-refractivity contribution in [3.8, 4) is 0 Å². The van der Waals surface area contributed by atoms with Crippen molar-refractivity contribution in [1.29, 1.82) is 0 Å². The molecule has 7 heteroatoms. The van der Waals surface area contributed by atoms with Crippen LogP contribution in [0.15, 0.2) is 0 Å². The van der Waals surface area contributed by atoms with E-state index in [2.05, 4.69) is 10.6 Å². The Morgan fingerprint density at radius 2 is 2.05 bits per heavy atom. The Bertz CT molecular complexity index is 372. The number of carbonyl (C=O) groups is 3. The molecule has 7 nitrogen and oxygen atoms in total. The zero-order valence-corrected chi connectivity index (χ0v) is 11.6. The third-order valence-corrected chi connectivity index (χ3v) is 3.23. The largest absolute Gasteiger partial charge is 0.465 e. The standard InChI is InChI=1S/C12H21N3O4/c1-4-19-9(16)7-14-11(18)15-6-5-12(2,8-15)10(17)13-3/h4-8H2,1-3H3,(H,13,17)(H,14,18). The molecule has 0 aromatic heterocycles. The van der Waals surface area contributed by atoms with E-state index >= 15 is 0 Å². The first-order chi connectivity index (χ1) is 8.92. The van der Waals surface area contributed by atoms with E-state index < -0.39 is 11.4 Å². The van der Waals surface area contributed by atoms with Gasteiger partial charge >= 0.3 is 12.0 Å². The predicted octanol–water partition coefficient (Wildman–Crippen LogP) is -0.283. The van der Waals surface area contributed by atoms with E-state index in [9.17, 15) is 14.4 Å². The van der Waals surface area contributed by atoms with Crippen LogP contribution in [0.4, 0.5) is 4.79 Å². The minimum atomic E-state index is -0.560. The zero-order valence-electron chi connectivity index (χ0n) is 11.6. The number of esters is 1. The van der Waals surface area contributed by atoms with Crippen molar-refractivity contribution in [2.45, 2.75) is 20.3 Å². The van der Waals surface area contributed by atoms with Crippen LogP contribution < -0.4 is 10.6 Å². The van der Waals surface area contributed by atoms with Gasteiger partial charge in [-0.3, -0.25) is 9.59 Å². The van der Waals surface area contributed by atoms with E-state index in [0.29, 0.717) is 19.5 Å². The lowest BCUT2D eigenvalue weighted by Crippen LogP contribution is -2.44. The highest BCUT2D eigenvalue weighted by molar-refractivity contribution is 5.85. The monoisotopic (exact) mass is 271 g/mol. The summed E-state index contributed by atoms with van der Waals surface area (Å²) in [5.74, 6) is -0.544. The summed E-state index contributed by atoms with van der Waals surface area (Å²) in [6, 6.07) is -0.347. The van der Waals surface area contributed by atoms with Crippen molar-refractivity contribution in [3.05, 3.63) is 0 Å². The first-order valence-corrected chi connectivity index (χ1v) is 6.33. The third-order valence-electron chi connectivity index (χ3n) is 3.23. The van der Waals surface area contributed by atoms with Crippen LogP contribution in [0, 0.1) is 5.41 Å². The predicted molar refractivity (Wildman–Crippen MR) is 68.4 cm³/mol. The van der Waals surface area contributed by atoms with Gasteiger partial charge in [-0.1, -0.05) is 0 Å². The molecule has 108 valence electrons. The van der Waals surface area contributed by atoms with Gasteiger partial charge in [0.25, 0.3) is 0 Å². The van der Waals surface area contributed by atoms with Crippen molar-refractivity contribution in [2.24, 2.45) is 5.41 Å². The maximum absolute atomic E-state index is 11.8. The molecule has 0 aromatic rings. The molecule has 19 heavy (non-hydrogen) atoms. The third kappa shape index (κ3) is 3.84. The fourth-order valence-corrected chi connectivity index (χ4v) is 2.09. The van der Waals surface area contributed by atoms with Crippen LogP contribution in [-0.4, -0.2) is 56.1 Å². The van der Waals surface area contributed by atoms with Gasteiger partial charge in [-0.2, -0.15) is 0 Å². The summed E-state index contributed by atoms with van der Waals surface area (Å²) in [6.45, 7) is 4.51. The number of hydrogen-bond acceptors (Lipinski definition) is 4. The molecule has 0 aliphatic carbocycles. The number of amides is 3. The van der Waals surface area contributed by atoms with Crippen molar-refractivity contribution in [2.75, 3.05) is 33.3 Å². The molecule has 1 saturated heterocycles. The van der Waals surface area contributed by atoms with Crippen LogP contribution in [0.2, 0.25) is 0 Å². The number of likely N-dealkylation sites (tertiary alicyclic amines) is 1. The van der Waals surface area contributed by atoms with Gasteiger partial charge in [0.2, 0.25) is 5.91 Å². The van der Waals surface area contributed by atoms with E-state index in [1.807, 2.05) is 6.92 Å². The molecule has 1 fully saturated rings. The second kappa shape index (κ2) is 6.40. The average molecular weight is 271 g/mol. The molecule has 1 aliphatic rings. The summed E-state index contributed by atoms with van der Waals surface area (Å²) in [5, 5.41) is 5.09. The number of nitrogens with one attached hydrogen (secondary N) is 2. The topological polar surface area (TPSA) is 87.7 Å². The van der Waals surface area contributed by atoms with Crippen LogP contribution in [0.3, 0.4) is 0 Å². The van der Waals surface area contributed by atoms with E-state index in [1.54, 1.807) is 14.0 Å². The van der Waals surface area contributed by atoms with Gasteiger partial charge in [-0.25, -0.2) is 4.79 Å². The second-order valence-corrected chi connectivity index (χ2v) is 4.78. The SMILES string of the molecule is CCOC(=O)CNC(=O)N1CCC(C)(C(=O)NC)C1. The Morgan fingerprint density at radius 3 is 2.63 bits per heavy atom. The normalized spacial score (nSPS) is 21.9. The molecule has 1 heterocycles. The fraction of sp³-hybridized carbons (Fsp3) is 0.750.